The lowest BCUT2D eigenvalue weighted by atomic mass is 9.94. The molecule has 0 spiro atoms. The van der Waals surface area contributed by atoms with Gasteiger partial charge in [-0.25, -0.2) is 0 Å². The summed E-state index contributed by atoms with van der Waals surface area (Å²) in [4.78, 5) is 27.8. The number of fused-ring (bicyclic) bond motifs is 1. The van der Waals surface area contributed by atoms with E-state index in [2.05, 4.69) is 15.9 Å². The molecule has 1 aromatic heterocycles. The lowest BCUT2D eigenvalue weighted by Crippen LogP contribution is -2.34. The quantitative estimate of drug-likeness (QED) is 0.498. The van der Waals surface area contributed by atoms with Crippen LogP contribution in [0.15, 0.2) is 68.8 Å². The van der Waals surface area contributed by atoms with Crippen LogP contribution < -0.4 is 4.74 Å². The number of nitrogens with zero attached hydrogens (tertiary/aromatic N) is 1. The summed E-state index contributed by atoms with van der Waals surface area (Å²) < 4.78 is 17.2. The standard InChI is InChI=1S/C23H20BrNO6/c1-29-10-9-25-20(15-5-3-4-6-17(15)30-2)19(22(27)23(25)28)21(26)18-12-13-11-14(24)7-8-16(13)31-18/h3-8,11-12,20,27H,9-10H2,1-2H3. The smallest absolute Gasteiger partial charge is 0.290 e. The minimum Gasteiger partial charge on any atom is -0.503 e. The molecule has 2 aromatic carbocycles. The zero-order valence-electron chi connectivity index (χ0n) is 16.9. The maximum atomic E-state index is 13.5. The molecule has 0 fully saturated rings. The molecule has 0 aliphatic carbocycles. The zero-order chi connectivity index (χ0) is 22.1. The van der Waals surface area contributed by atoms with Crippen molar-refractivity contribution in [1.82, 2.24) is 4.90 Å². The Labute approximate surface area is 187 Å². The number of furan rings is 1. The fourth-order valence-electron chi connectivity index (χ4n) is 3.78. The average molecular weight is 486 g/mol. The Hall–Kier alpha value is -3.10. The molecule has 0 saturated carbocycles. The van der Waals surface area contributed by atoms with E-state index in [0.717, 1.165) is 9.86 Å². The molecular formula is C23H20BrNO6. The number of aliphatic hydroxyl groups is 1. The monoisotopic (exact) mass is 485 g/mol. The predicted molar refractivity (Wildman–Crippen MR) is 117 cm³/mol. The van der Waals surface area contributed by atoms with Crippen LogP contribution in [0, 0.1) is 0 Å². The second-order valence-electron chi connectivity index (χ2n) is 7.02. The molecule has 160 valence electrons. The number of methoxy groups -OCH3 is 2. The van der Waals surface area contributed by atoms with Crippen LogP contribution in [0.25, 0.3) is 11.0 Å². The Morgan fingerprint density at radius 1 is 1.19 bits per heavy atom. The third-order valence-corrected chi connectivity index (χ3v) is 5.71. The van der Waals surface area contributed by atoms with E-state index in [9.17, 15) is 14.7 Å². The molecule has 3 aromatic rings. The Balaban J connectivity index is 1.83. The minimum absolute atomic E-state index is 0.0379. The first-order valence-electron chi connectivity index (χ1n) is 9.56. The van der Waals surface area contributed by atoms with E-state index >= 15 is 0 Å². The van der Waals surface area contributed by atoms with Gasteiger partial charge in [-0.1, -0.05) is 34.1 Å². The Bertz CT molecular complexity index is 1200. The third-order valence-electron chi connectivity index (χ3n) is 5.22. The average Bonchev–Trinajstić information content (AvgIpc) is 3.30. The number of aliphatic hydroxyl groups excluding tert-OH is 1. The van der Waals surface area contributed by atoms with Crippen molar-refractivity contribution >= 4 is 38.6 Å². The molecule has 2 heterocycles. The first-order chi connectivity index (χ1) is 15.0. The molecule has 1 aliphatic heterocycles. The topological polar surface area (TPSA) is 89.2 Å². The van der Waals surface area contributed by atoms with Crippen LogP contribution in [-0.4, -0.2) is 49.1 Å². The normalized spacial score (nSPS) is 16.4. The van der Waals surface area contributed by atoms with E-state index in [-0.39, 0.29) is 24.5 Å². The van der Waals surface area contributed by atoms with Crippen molar-refractivity contribution < 1.29 is 28.6 Å². The van der Waals surface area contributed by atoms with Gasteiger partial charge in [-0.2, -0.15) is 0 Å². The Kier molecular flexibility index (Phi) is 5.84. The molecular weight excluding hydrogens is 466 g/mol. The maximum absolute atomic E-state index is 13.5. The molecule has 1 N–H and O–H groups in total. The largest absolute Gasteiger partial charge is 0.503 e. The van der Waals surface area contributed by atoms with Gasteiger partial charge in [-0.15, -0.1) is 0 Å². The van der Waals surface area contributed by atoms with Crippen molar-refractivity contribution in [3.8, 4) is 5.75 Å². The number of amides is 1. The van der Waals surface area contributed by atoms with Crippen molar-refractivity contribution in [2.24, 2.45) is 0 Å². The Morgan fingerprint density at radius 2 is 1.97 bits per heavy atom. The number of carbonyl (C=O) groups excluding carboxylic acids is 2. The molecule has 1 amide bonds. The molecule has 0 radical (unpaired) electrons. The van der Waals surface area contributed by atoms with Gasteiger partial charge < -0.3 is 23.9 Å². The van der Waals surface area contributed by atoms with E-state index in [1.807, 2.05) is 6.07 Å². The molecule has 1 aliphatic rings. The van der Waals surface area contributed by atoms with Crippen molar-refractivity contribution in [2.75, 3.05) is 27.4 Å². The predicted octanol–water partition coefficient (Wildman–Crippen LogP) is 4.43. The number of hydrogen-bond acceptors (Lipinski definition) is 6. The van der Waals surface area contributed by atoms with Gasteiger partial charge in [0.25, 0.3) is 5.91 Å². The maximum Gasteiger partial charge on any atom is 0.290 e. The van der Waals surface area contributed by atoms with E-state index in [1.165, 1.54) is 19.1 Å². The molecule has 4 rings (SSSR count). The summed E-state index contributed by atoms with van der Waals surface area (Å²) in [5.41, 5.74) is 1.06. The SMILES string of the molecule is COCCN1C(=O)C(O)=C(C(=O)c2cc3cc(Br)ccc3o2)C1c1ccccc1OC. The highest BCUT2D eigenvalue weighted by atomic mass is 79.9. The highest BCUT2D eigenvalue weighted by Crippen LogP contribution is 2.42. The third kappa shape index (κ3) is 3.73. The number of carbonyl (C=O) groups is 2. The molecule has 1 atom stereocenters. The van der Waals surface area contributed by atoms with Crippen molar-refractivity contribution in [2.45, 2.75) is 6.04 Å². The number of para-hydroxylation sites is 1. The summed E-state index contributed by atoms with van der Waals surface area (Å²) in [6.07, 6.45) is 0. The molecule has 0 bridgehead atoms. The molecule has 8 heteroatoms. The summed E-state index contributed by atoms with van der Waals surface area (Å²) in [5.74, 6) is -1.27. The molecule has 1 unspecified atom stereocenters. The van der Waals surface area contributed by atoms with Crippen LogP contribution in [0.1, 0.15) is 22.2 Å². The number of ketones is 1. The van der Waals surface area contributed by atoms with Crippen LogP contribution >= 0.6 is 15.9 Å². The van der Waals surface area contributed by atoms with Crippen LogP contribution in [0.3, 0.4) is 0 Å². The van der Waals surface area contributed by atoms with Crippen LogP contribution in [-0.2, 0) is 9.53 Å². The van der Waals surface area contributed by atoms with Crippen molar-refractivity contribution in [3.63, 3.8) is 0 Å². The summed E-state index contributed by atoms with van der Waals surface area (Å²) >= 11 is 3.40. The highest BCUT2D eigenvalue weighted by Gasteiger charge is 2.45. The summed E-state index contributed by atoms with van der Waals surface area (Å²) in [6.45, 7) is 0.427. The van der Waals surface area contributed by atoms with Gasteiger partial charge >= 0.3 is 0 Å². The summed E-state index contributed by atoms with van der Waals surface area (Å²) in [5, 5.41) is 11.4. The fourth-order valence-corrected chi connectivity index (χ4v) is 4.16. The van der Waals surface area contributed by atoms with Crippen LogP contribution in [0.2, 0.25) is 0 Å². The lowest BCUT2D eigenvalue weighted by Gasteiger charge is -2.27. The van der Waals surface area contributed by atoms with Gasteiger partial charge in [0.1, 0.15) is 11.3 Å². The van der Waals surface area contributed by atoms with E-state index < -0.39 is 23.5 Å². The zero-order valence-corrected chi connectivity index (χ0v) is 18.5. The van der Waals surface area contributed by atoms with Crippen LogP contribution in [0.5, 0.6) is 5.75 Å². The van der Waals surface area contributed by atoms with Gasteiger partial charge in [0, 0.05) is 29.1 Å². The van der Waals surface area contributed by atoms with Gasteiger partial charge in [0.05, 0.1) is 25.3 Å². The van der Waals surface area contributed by atoms with Gasteiger partial charge in [-0.05, 0) is 30.3 Å². The van der Waals surface area contributed by atoms with E-state index in [1.54, 1.807) is 42.5 Å². The van der Waals surface area contributed by atoms with Gasteiger partial charge in [0.15, 0.2) is 11.5 Å². The number of rotatable bonds is 7. The van der Waals surface area contributed by atoms with E-state index in [4.69, 9.17) is 13.9 Å². The fraction of sp³-hybridized carbons (Fsp3) is 0.217. The first-order valence-corrected chi connectivity index (χ1v) is 10.3. The van der Waals surface area contributed by atoms with Gasteiger partial charge in [0.2, 0.25) is 5.78 Å². The molecule has 0 saturated heterocycles. The minimum atomic E-state index is -0.841. The first kappa shape index (κ1) is 21.1. The number of halogens is 1. The second-order valence-corrected chi connectivity index (χ2v) is 7.94. The number of hydrogen-bond donors (Lipinski definition) is 1. The lowest BCUT2D eigenvalue weighted by molar-refractivity contribution is -0.130. The van der Waals surface area contributed by atoms with E-state index in [0.29, 0.717) is 16.9 Å². The van der Waals surface area contributed by atoms with Crippen LogP contribution in [0.4, 0.5) is 0 Å². The molecule has 7 nitrogen and oxygen atoms in total. The van der Waals surface area contributed by atoms with Crippen molar-refractivity contribution in [3.05, 3.63) is 75.7 Å². The highest BCUT2D eigenvalue weighted by molar-refractivity contribution is 9.10. The number of Topliss-reactive ketones (excluding diaryl/α,β-unsaturated/α-hetero) is 1. The van der Waals surface area contributed by atoms with Crippen molar-refractivity contribution in [1.29, 1.82) is 0 Å². The summed E-state index contributed by atoms with van der Waals surface area (Å²) in [6, 6.07) is 13.2. The second kappa shape index (κ2) is 8.56. The number of ether oxygens (including phenoxy) is 2. The number of benzene rings is 2. The molecule has 31 heavy (non-hydrogen) atoms. The van der Waals surface area contributed by atoms with Gasteiger partial charge in [-0.3, -0.25) is 9.59 Å². The Morgan fingerprint density at radius 3 is 2.71 bits per heavy atom. The summed E-state index contributed by atoms with van der Waals surface area (Å²) in [7, 11) is 3.03.